The maximum atomic E-state index is 13.2. The Morgan fingerprint density at radius 1 is 1.21 bits per heavy atom. The predicted molar refractivity (Wildman–Crippen MR) is 90.2 cm³/mol. The Labute approximate surface area is 140 Å². The number of nitrogens with zero attached hydrogens (tertiary/aromatic N) is 2. The van der Waals surface area contributed by atoms with Crippen LogP contribution in [0.1, 0.15) is 30.0 Å². The van der Waals surface area contributed by atoms with Crippen molar-refractivity contribution in [3.63, 3.8) is 0 Å². The van der Waals surface area contributed by atoms with E-state index in [9.17, 15) is 14.1 Å². The average molecular weight is 330 g/mol. The molecular formula is C18H19FN2O3. The average Bonchev–Trinajstić information content (AvgIpc) is 2.56. The van der Waals surface area contributed by atoms with Gasteiger partial charge in [-0.05, 0) is 49.2 Å². The Balaban J connectivity index is 2.29. The highest BCUT2D eigenvalue weighted by atomic mass is 19.1. The van der Waals surface area contributed by atoms with Gasteiger partial charge in [-0.15, -0.1) is 4.91 Å². The summed E-state index contributed by atoms with van der Waals surface area (Å²) < 4.78 is 18.9. The summed E-state index contributed by atoms with van der Waals surface area (Å²) in [4.78, 5) is 23.0. The van der Waals surface area contributed by atoms with Crippen LogP contribution in [-0.2, 0) is 11.4 Å². The second-order valence-corrected chi connectivity index (χ2v) is 5.47. The molecule has 0 unspecified atom stereocenters. The highest BCUT2D eigenvalue weighted by Gasteiger charge is 2.19. The molecule has 0 heterocycles. The Morgan fingerprint density at radius 2 is 1.96 bits per heavy atom. The van der Waals surface area contributed by atoms with E-state index in [0.29, 0.717) is 22.6 Å². The molecule has 0 N–H and O–H groups in total. The first-order valence-corrected chi connectivity index (χ1v) is 7.61. The van der Waals surface area contributed by atoms with Gasteiger partial charge in [0.25, 0.3) is 0 Å². The number of hydrogen-bond acceptors (Lipinski definition) is 4. The van der Waals surface area contributed by atoms with E-state index in [2.05, 4.69) is 5.29 Å². The lowest BCUT2D eigenvalue weighted by atomic mass is 10.1. The minimum atomic E-state index is -0.394. The molecule has 0 aliphatic rings. The predicted octanol–water partition coefficient (Wildman–Crippen LogP) is 4.45. The summed E-state index contributed by atoms with van der Waals surface area (Å²) in [5.74, 6) is -0.189. The van der Waals surface area contributed by atoms with E-state index >= 15 is 0 Å². The number of rotatable bonds is 6. The van der Waals surface area contributed by atoms with Crippen molar-refractivity contribution in [1.29, 1.82) is 0 Å². The number of nitroso groups, excluding NO2 is 1. The zero-order chi connectivity index (χ0) is 17.7. The lowest BCUT2D eigenvalue weighted by Gasteiger charge is -2.18. The van der Waals surface area contributed by atoms with Crippen molar-refractivity contribution >= 4 is 11.6 Å². The number of carbonyl (C=O) groups is 1. The van der Waals surface area contributed by atoms with Crippen molar-refractivity contribution < 1.29 is 13.9 Å². The highest BCUT2D eigenvalue weighted by molar-refractivity contribution is 5.93. The smallest absolute Gasteiger partial charge is 0.249 e. The lowest BCUT2D eigenvalue weighted by molar-refractivity contribution is -0.118. The highest BCUT2D eigenvalue weighted by Crippen LogP contribution is 2.26. The number of halogens is 1. The summed E-state index contributed by atoms with van der Waals surface area (Å²) in [5.41, 5.74) is 2.60. The molecule has 0 aromatic heterocycles. The molecule has 24 heavy (non-hydrogen) atoms. The molecule has 0 radical (unpaired) electrons. The van der Waals surface area contributed by atoms with Gasteiger partial charge < -0.3 is 4.74 Å². The second-order valence-electron chi connectivity index (χ2n) is 5.47. The Morgan fingerprint density at radius 3 is 2.58 bits per heavy atom. The molecule has 0 saturated heterocycles. The first-order valence-electron chi connectivity index (χ1n) is 7.61. The van der Waals surface area contributed by atoms with Crippen LogP contribution in [0.5, 0.6) is 5.75 Å². The number of aryl methyl sites for hydroxylation is 2. The molecule has 0 atom stereocenters. The third kappa shape index (κ3) is 3.95. The molecule has 0 aliphatic heterocycles. The van der Waals surface area contributed by atoms with Gasteiger partial charge in [-0.2, -0.15) is 5.01 Å². The third-order valence-electron chi connectivity index (χ3n) is 3.61. The summed E-state index contributed by atoms with van der Waals surface area (Å²) in [6.45, 7) is 5.39. The van der Waals surface area contributed by atoms with E-state index in [1.807, 2.05) is 13.0 Å². The van der Waals surface area contributed by atoms with E-state index < -0.39 is 5.91 Å². The number of ether oxygens (including phenoxy) is 1. The van der Waals surface area contributed by atoms with Gasteiger partial charge in [-0.25, -0.2) is 4.39 Å². The fourth-order valence-corrected chi connectivity index (χ4v) is 2.30. The molecule has 2 aromatic rings. The van der Waals surface area contributed by atoms with Gasteiger partial charge in [0.05, 0.1) is 11.0 Å². The fourth-order valence-electron chi connectivity index (χ4n) is 2.30. The summed E-state index contributed by atoms with van der Waals surface area (Å²) >= 11 is 0. The third-order valence-corrected chi connectivity index (χ3v) is 3.61. The standard InChI is InChI=1S/C18H19FN2O3/c1-4-18(22)21(20-23)16-9-12(2)5-6-14(16)11-24-17-8-7-15(19)10-13(17)3/h5-10H,4,11H2,1-3H3. The normalized spacial score (nSPS) is 10.3. The zero-order valence-corrected chi connectivity index (χ0v) is 13.9. The Kier molecular flexibility index (Phi) is 5.63. The van der Waals surface area contributed by atoms with E-state index in [-0.39, 0.29) is 18.8 Å². The minimum Gasteiger partial charge on any atom is -0.489 e. The quantitative estimate of drug-likeness (QED) is 0.581. The fraction of sp³-hybridized carbons (Fsp3) is 0.278. The number of anilines is 1. The molecule has 0 aliphatic carbocycles. The zero-order valence-electron chi connectivity index (χ0n) is 13.9. The van der Waals surface area contributed by atoms with Crippen molar-refractivity contribution in [2.45, 2.75) is 33.8 Å². The number of hydrogen-bond donors (Lipinski definition) is 0. The topological polar surface area (TPSA) is 59.0 Å². The maximum Gasteiger partial charge on any atom is 0.249 e. The van der Waals surface area contributed by atoms with Crippen LogP contribution in [0.2, 0.25) is 0 Å². The molecule has 0 spiro atoms. The molecule has 0 bridgehead atoms. The first kappa shape index (κ1) is 17.6. The van der Waals surface area contributed by atoms with Crippen LogP contribution >= 0.6 is 0 Å². The van der Waals surface area contributed by atoms with Crippen LogP contribution in [0, 0.1) is 24.6 Å². The SMILES string of the molecule is CCC(=O)N(N=O)c1cc(C)ccc1COc1ccc(F)cc1C. The van der Waals surface area contributed by atoms with Crippen LogP contribution in [-0.4, -0.2) is 5.91 Å². The van der Waals surface area contributed by atoms with E-state index in [1.165, 1.54) is 12.1 Å². The van der Waals surface area contributed by atoms with Crippen LogP contribution < -0.4 is 9.75 Å². The second kappa shape index (κ2) is 7.68. The van der Waals surface area contributed by atoms with Crippen LogP contribution in [0.15, 0.2) is 41.7 Å². The number of benzene rings is 2. The van der Waals surface area contributed by atoms with E-state index in [0.717, 1.165) is 10.6 Å². The van der Waals surface area contributed by atoms with Crippen molar-refractivity contribution in [2.24, 2.45) is 5.29 Å². The number of amides is 1. The van der Waals surface area contributed by atoms with Gasteiger partial charge in [-0.1, -0.05) is 19.1 Å². The summed E-state index contributed by atoms with van der Waals surface area (Å²) in [6, 6.07) is 9.60. The minimum absolute atomic E-state index is 0.130. The van der Waals surface area contributed by atoms with Gasteiger partial charge in [0.2, 0.25) is 5.91 Å². The summed E-state index contributed by atoms with van der Waals surface area (Å²) in [6.07, 6.45) is 0.164. The van der Waals surface area contributed by atoms with Crippen molar-refractivity contribution in [3.05, 3.63) is 63.8 Å². The summed E-state index contributed by atoms with van der Waals surface area (Å²) in [7, 11) is 0. The molecule has 5 nitrogen and oxygen atoms in total. The number of carbonyl (C=O) groups excluding carboxylic acids is 1. The largest absolute Gasteiger partial charge is 0.489 e. The molecule has 1 amide bonds. The van der Waals surface area contributed by atoms with Crippen molar-refractivity contribution in [3.8, 4) is 5.75 Å². The Hall–Kier alpha value is -2.76. The summed E-state index contributed by atoms with van der Waals surface area (Å²) in [5, 5.41) is 3.69. The first-order chi connectivity index (χ1) is 11.5. The Bertz CT molecular complexity index is 762. The maximum absolute atomic E-state index is 13.2. The molecular weight excluding hydrogens is 311 g/mol. The van der Waals surface area contributed by atoms with Crippen LogP contribution in [0.25, 0.3) is 0 Å². The molecule has 0 fully saturated rings. The molecule has 2 rings (SSSR count). The van der Waals surface area contributed by atoms with Crippen LogP contribution in [0.3, 0.4) is 0 Å². The van der Waals surface area contributed by atoms with Crippen LogP contribution in [0.4, 0.5) is 10.1 Å². The van der Waals surface area contributed by atoms with E-state index in [4.69, 9.17) is 4.74 Å². The molecule has 126 valence electrons. The van der Waals surface area contributed by atoms with Gasteiger partial charge in [0.15, 0.2) is 0 Å². The van der Waals surface area contributed by atoms with Gasteiger partial charge in [-0.3, -0.25) is 4.79 Å². The van der Waals surface area contributed by atoms with Gasteiger partial charge >= 0.3 is 0 Å². The van der Waals surface area contributed by atoms with Crippen molar-refractivity contribution in [1.82, 2.24) is 0 Å². The van der Waals surface area contributed by atoms with Gasteiger partial charge in [0.1, 0.15) is 18.2 Å². The molecule has 6 heteroatoms. The van der Waals surface area contributed by atoms with Gasteiger partial charge in [0, 0.05) is 12.0 Å². The van der Waals surface area contributed by atoms with E-state index in [1.54, 1.807) is 32.0 Å². The van der Waals surface area contributed by atoms with Crippen molar-refractivity contribution in [2.75, 3.05) is 5.01 Å². The lowest BCUT2D eigenvalue weighted by Crippen LogP contribution is -2.25. The monoisotopic (exact) mass is 330 g/mol. The molecule has 0 saturated carbocycles. The molecule has 2 aromatic carbocycles.